The molecule has 0 aliphatic heterocycles. The molecule has 0 spiro atoms. The minimum absolute atomic E-state index is 0.112. The molecule has 294 valence electrons. The predicted octanol–water partition coefficient (Wildman–Crippen LogP) is 6.75. The Hall–Kier alpha value is -8.94. The third-order valence-corrected chi connectivity index (χ3v) is 8.56. The Labute approximate surface area is 333 Å². The Kier molecular flexibility index (Phi) is 13.0. The lowest BCUT2D eigenvalue weighted by atomic mass is 10.2. The highest BCUT2D eigenvalue weighted by Gasteiger charge is 2.13. The van der Waals surface area contributed by atoms with Crippen molar-refractivity contribution in [2.24, 2.45) is 26.4 Å². The van der Waals surface area contributed by atoms with Crippen LogP contribution in [0, 0.1) is 0 Å². The highest BCUT2D eigenvalue weighted by atomic mass is 16.2. The SMILES string of the molecule is CC(=O)n1cc(N=C=O)c2ccccc21.CNC(=O)n1cc(N=C=O)c2ccccc21.NC(=O)n1cc(N)c2ccccc21.NC(=O)n1cc(N=C=O)c2ccccc21. The van der Waals surface area contributed by atoms with Crippen molar-refractivity contribution in [2.45, 2.75) is 6.92 Å². The molecule has 3 amide bonds. The minimum atomic E-state index is -0.612. The first kappa shape index (κ1) is 41.2. The number of hydrogen-bond donors (Lipinski definition) is 4. The minimum Gasteiger partial charge on any atom is -0.397 e. The van der Waals surface area contributed by atoms with Crippen LogP contribution < -0.4 is 22.5 Å². The third-order valence-electron chi connectivity index (χ3n) is 8.56. The van der Waals surface area contributed by atoms with Gasteiger partial charge in [-0.05, 0) is 24.3 Å². The summed E-state index contributed by atoms with van der Waals surface area (Å²) in [7, 11) is 1.54. The molecule has 0 bridgehead atoms. The molecule has 4 aromatic carbocycles. The summed E-state index contributed by atoms with van der Waals surface area (Å²) in [4.78, 5) is 86.2. The van der Waals surface area contributed by atoms with E-state index in [1.165, 1.54) is 68.2 Å². The Bertz CT molecular complexity index is 2860. The van der Waals surface area contributed by atoms with Gasteiger partial charge in [0.25, 0.3) is 0 Å². The molecular weight excluding hydrogens is 759 g/mol. The molecule has 8 rings (SSSR count). The second-order valence-corrected chi connectivity index (χ2v) is 12.0. The van der Waals surface area contributed by atoms with Gasteiger partial charge in [0.05, 0.1) is 27.8 Å². The molecule has 0 aliphatic rings. The van der Waals surface area contributed by atoms with E-state index in [1.807, 2.05) is 48.5 Å². The zero-order chi connectivity index (χ0) is 42.6. The average Bonchev–Trinajstić information content (AvgIpc) is 4.00. The number of aromatic nitrogens is 4. The van der Waals surface area contributed by atoms with Gasteiger partial charge in [0, 0.05) is 60.3 Å². The first-order chi connectivity index (χ1) is 28.4. The molecule has 18 nitrogen and oxygen atoms in total. The second-order valence-electron chi connectivity index (χ2n) is 12.0. The van der Waals surface area contributed by atoms with Crippen LogP contribution >= 0.6 is 0 Å². The Morgan fingerprint density at radius 1 is 0.508 bits per heavy atom. The number of nitrogen functional groups attached to an aromatic ring is 1. The van der Waals surface area contributed by atoms with Crippen molar-refractivity contribution in [3.63, 3.8) is 0 Å². The Morgan fingerprint density at radius 2 is 0.831 bits per heavy atom. The highest BCUT2D eigenvalue weighted by Crippen LogP contribution is 2.30. The van der Waals surface area contributed by atoms with E-state index in [1.54, 1.807) is 55.6 Å². The third kappa shape index (κ3) is 8.97. The van der Waals surface area contributed by atoms with Gasteiger partial charge in [0.15, 0.2) is 0 Å². The molecular formula is C41H33N11O7. The number of aliphatic imine (C=N–C) groups is 3. The van der Waals surface area contributed by atoms with E-state index in [4.69, 9.17) is 17.2 Å². The number of primary amides is 2. The quantitative estimate of drug-likeness (QED) is 0.109. The van der Waals surface area contributed by atoms with Crippen molar-refractivity contribution in [3.05, 3.63) is 122 Å². The van der Waals surface area contributed by atoms with Gasteiger partial charge in [-0.3, -0.25) is 23.1 Å². The molecule has 0 saturated heterocycles. The number of nitrogens with two attached hydrogens (primary N) is 3. The molecule has 59 heavy (non-hydrogen) atoms. The monoisotopic (exact) mass is 791 g/mol. The Balaban J connectivity index is 0.000000150. The van der Waals surface area contributed by atoms with E-state index in [-0.39, 0.29) is 11.9 Å². The number of nitrogens with one attached hydrogen (secondary N) is 1. The first-order valence-electron chi connectivity index (χ1n) is 17.2. The van der Waals surface area contributed by atoms with E-state index >= 15 is 0 Å². The summed E-state index contributed by atoms with van der Waals surface area (Å²) in [5, 5.41) is 5.57. The molecule has 0 fully saturated rings. The van der Waals surface area contributed by atoms with Gasteiger partial charge in [0.1, 0.15) is 17.1 Å². The van der Waals surface area contributed by atoms with Crippen molar-refractivity contribution in [1.29, 1.82) is 0 Å². The molecule has 0 saturated carbocycles. The number of benzene rings is 4. The van der Waals surface area contributed by atoms with Crippen LogP contribution in [0.15, 0.2) is 137 Å². The van der Waals surface area contributed by atoms with E-state index in [0.717, 1.165) is 27.2 Å². The van der Waals surface area contributed by atoms with Gasteiger partial charge < -0.3 is 22.5 Å². The fourth-order valence-electron chi connectivity index (χ4n) is 6.02. The number of rotatable bonds is 3. The lowest BCUT2D eigenvalue weighted by Gasteiger charge is -2.00. The predicted molar refractivity (Wildman–Crippen MR) is 222 cm³/mol. The van der Waals surface area contributed by atoms with Gasteiger partial charge in [-0.2, -0.15) is 15.0 Å². The maximum absolute atomic E-state index is 11.6. The topological polar surface area (TPSA) is 266 Å². The van der Waals surface area contributed by atoms with Crippen molar-refractivity contribution >= 4 is 109 Å². The molecule has 0 radical (unpaired) electrons. The average molecular weight is 792 g/mol. The lowest BCUT2D eigenvalue weighted by molar-refractivity contribution is 0.0941. The van der Waals surface area contributed by atoms with Crippen LogP contribution in [0.1, 0.15) is 11.7 Å². The van der Waals surface area contributed by atoms with Crippen molar-refractivity contribution in [3.8, 4) is 0 Å². The van der Waals surface area contributed by atoms with E-state index < -0.39 is 12.1 Å². The number of carbonyl (C=O) groups is 4. The number of anilines is 1. The summed E-state index contributed by atoms with van der Waals surface area (Å²) in [6.45, 7) is 1.46. The summed E-state index contributed by atoms with van der Waals surface area (Å²) in [5.74, 6) is -0.112. The maximum Gasteiger partial charge on any atom is 0.325 e. The van der Waals surface area contributed by atoms with Gasteiger partial charge in [0.2, 0.25) is 24.1 Å². The number of amides is 3. The van der Waals surface area contributed by atoms with Crippen LogP contribution in [0.25, 0.3) is 43.6 Å². The van der Waals surface area contributed by atoms with Gasteiger partial charge in [-0.15, -0.1) is 0 Å². The number of hydrogen-bond acceptors (Lipinski definition) is 11. The number of nitrogens with zero attached hydrogens (tertiary/aromatic N) is 7. The van der Waals surface area contributed by atoms with E-state index in [9.17, 15) is 33.6 Å². The molecule has 18 heteroatoms. The molecule has 7 N–H and O–H groups in total. The smallest absolute Gasteiger partial charge is 0.325 e. The first-order valence-corrected chi connectivity index (χ1v) is 17.2. The van der Waals surface area contributed by atoms with E-state index in [2.05, 4.69) is 20.3 Å². The zero-order valence-electron chi connectivity index (χ0n) is 31.3. The summed E-state index contributed by atoms with van der Waals surface area (Å²) < 4.78 is 5.45. The molecule has 0 atom stereocenters. The number of para-hydroxylation sites is 4. The maximum atomic E-state index is 11.6. The molecule has 4 aromatic heterocycles. The molecule has 4 heterocycles. The van der Waals surface area contributed by atoms with Gasteiger partial charge in [-0.25, -0.2) is 28.8 Å². The summed E-state index contributed by atoms with van der Waals surface area (Å²) in [6, 6.07) is 27.5. The summed E-state index contributed by atoms with van der Waals surface area (Å²) in [6.07, 6.45) is 10.4. The number of carbonyl (C=O) groups excluding carboxylic acids is 7. The largest absolute Gasteiger partial charge is 0.397 e. The van der Waals surface area contributed by atoms with Crippen LogP contribution in [-0.2, 0) is 14.4 Å². The van der Waals surface area contributed by atoms with Crippen LogP contribution in [0.5, 0.6) is 0 Å². The second kappa shape index (κ2) is 18.6. The molecule has 0 aliphatic carbocycles. The summed E-state index contributed by atoms with van der Waals surface area (Å²) >= 11 is 0. The van der Waals surface area contributed by atoms with Crippen molar-refractivity contribution in [1.82, 2.24) is 23.6 Å². The highest BCUT2D eigenvalue weighted by molar-refractivity contribution is 6.01. The lowest BCUT2D eigenvalue weighted by Crippen LogP contribution is -2.23. The normalized spacial score (nSPS) is 10.0. The van der Waals surface area contributed by atoms with Crippen molar-refractivity contribution in [2.75, 3.05) is 12.8 Å². The Morgan fingerprint density at radius 3 is 1.22 bits per heavy atom. The molecule has 0 unspecified atom stereocenters. The standard InChI is InChI=1S/C11H9N3O2.C11H8N2O2.C10H7N3O2.C9H9N3O/c1-12-11(16)14-6-9(13-7-15)8-4-2-3-5-10(8)14;1-8(15)13-6-10(12-7-14)9-4-2-3-5-11(9)13;11-10(15)13-5-8(12-6-14)7-3-1-2-4-9(7)13;10-7-5-12(9(11)13)8-4-2-1-3-6(7)8/h2-6H,1H3,(H,12,16);2-6H,1H3;1-5H,(H2,11,15);1-5H,10H2,(H2,11,13). The number of fused-ring (bicyclic) bond motifs is 4. The van der Waals surface area contributed by atoms with Gasteiger partial charge in [-0.1, -0.05) is 72.8 Å². The zero-order valence-corrected chi connectivity index (χ0v) is 31.3. The van der Waals surface area contributed by atoms with Crippen LogP contribution in [0.2, 0.25) is 0 Å². The van der Waals surface area contributed by atoms with Gasteiger partial charge >= 0.3 is 18.1 Å². The van der Waals surface area contributed by atoms with Crippen LogP contribution in [0.3, 0.4) is 0 Å². The van der Waals surface area contributed by atoms with Crippen LogP contribution in [0.4, 0.5) is 37.1 Å². The summed E-state index contributed by atoms with van der Waals surface area (Å²) in [5.41, 5.74) is 20.7. The van der Waals surface area contributed by atoms with Crippen LogP contribution in [-0.4, -0.2) is 67.6 Å². The van der Waals surface area contributed by atoms with Crippen molar-refractivity contribution < 1.29 is 33.6 Å². The van der Waals surface area contributed by atoms with E-state index in [0.29, 0.717) is 39.2 Å². The molecule has 8 aromatic rings. The fraction of sp³-hybridized carbons (Fsp3) is 0.0488. The fourth-order valence-corrected chi connectivity index (χ4v) is 6.02. The number of isocyanates is 3.